The standard InChI is InChI=1S/C10H8F2N2O/c11-8-3-1-2-7(9(8)12)10-14-5-6(4-13)15-10/h1-3,5H,4,13H2. The van der Waals surface area contributed by atoms with Gasteiger partial charge in [-0.2, -0.15) is 0 Å². The number of rotatable bonds is 2. The van der Waals surface area contributed by atoms with Crippen molar-refractivity contribution < 1.29 is 13.2 Å². The maximum absolute atomic E-state index is 13.3. The zero-order valence-corrected chi connectivity index (χ0v) is 7.71. The van der Waals surface area contributed by atoms with E-state index >= 15 is 0 Å². The monoisotopic (exact) mass is 210 g/mol. The van der Waals surface area contributed by atoms with Gasteiger partial charge in [0.05, 0.1) is 18.3 Å². The molecule has 1 heterocycles. The molecule has 2 N–H and O–H groups in total. The van der Waals surface area contributed by atoms with Crippen molar-refractivity contribution in [3.05, 3.63) is 41.8 Å². The second kappa shape index (κ2) is 3.78. The van der Waals surface area contributed by atoms with Gasteiger partial charge in [0, 0.05) is 0 Å². The summed E-state index contributed by atoms with van der Waals surface area (Å²) in [6.07, 6.45) is 1.39. The summed E-state index contributed by atoms with van der Waals surface area (Å²) in [6.45, 7) is 0.171. The Balaban J connectivity index is 2.49. The molecular formula is C10H8F2N2O. The average molecular weight is 210 g/mol. The highest BCUT2D eigenvalue weighted by Gasteiger charge is 2.13. The van der Waals surface area contributed by atoms with E-state index in [0.29, 0.717) is 5.76 Å². The molecule has 0 saturated heterocycles. The van der Waals surface area contributed by atoms with Gasteiger partial charge < -0.3 is 10.2 Å². The molecule has 0 saturated carbocycles. The fraction of sp³-hybridized carbons (Fsp3) is 0.100. The Morgan fingerprint density at radius 3 is 2.80 bits per heavy atom. The third kappa shape index (κ3) is 1.73. The maximum Gasteiger partial charge on any atom is 0.229 e. The highest BCUT2D eigenvalue weighted by atomic mass is 19.2. The molecule has 1 aromatic heterocycles. The minimum Gasteiger partial charge on any atom is -0.440 e. The van der Waals surface area contributed by atoms with E-state index in [1.165, 1.54) is 18.3 Å². The lowest BCUT2D eigenvalue weighted by Gasteiger charge is -1.98. The van der Waals surface area contributed by atoms with Gasteiger partial charge in [-0.15, -0.1) is 0 Å². The molecule has 0 spiro atoms. The number of nitrogens with two attached hydrogens (primary N) is 1. The van der Waals surface area contributed by atoms with Crippen LogP contribution in [0.25, 0.3) is 11.5 Å². The zero-order valence-electron chi connectivity index (χ0n) is 7.71. The molecule has 0 bridgehead atoms. The quantitative estimate of drug-likeness (QED) is 0.825. The fourth-order valence-electron chi connectivity index (χ4n) is 1.20. The van der Waals surface area contributed by atoms with Gasteiger partial charge in [-0.3, -0.25) is 0 Å². The van der Waals surface area contributed by atoms with Gasteiger partial charge in [0.1, 0.15) is 5.76 Å². The molecule has 15 heavy (non-hydrogen) atoms. The van der Waals surface area contributed by atoms with Gasteiger partial charge in [-0.05, 0) is 12.1 Å². The Morgan fingerprint density at radius 1 is 1.33 bits per heavy atom. The number of oxazole rings is 1. The number of benzene rings is 1. The van der Waals surface area contributed by atoms with E-state index in [0.717, 1.165) is 6.07 Å². The largest absolute Gasteiger partial charge is 0.440 e. The number of nitrogens with zero attached hydrogens (tertiary/aromatic N) is 1. The molecule has 0 fully saturated rings. The lowest BCUT2D eigenvalue weighted by molar-refractivity contribution is 0.492. The smallest absolute Gasteiger partial charge is 0.229 e. The molecule has 1 aromatic carbocycles. The highest BCUT2D eigenvalue weighted by Crippen LogP contribution is 2.23. The minimum absolute atomic E-state index is 0.00491. The molecule has 0 unspecified atom stereocenters. The molecule has 0 aliphatic carbocycles. The van der Waals surface area contributed by atoms with E-state index in [9.17, 15) is 8.78 Å². The molecule has 2 rings (SSSR count). The maximum atomic E-state index is 13.3. The Bertz CT molecular complexity index is 482. The van der Waals surface area contributed by atoms with Crippen LogP contribution in [0.3, 0.4) is 0 Å². The van der Waals surface area contributed by atoms with Crippen LogP contribution >= 0.6 is 0 Å². The van der Waals surface area contributed by atoms with Crippen LogP contribution < -0.4 is 5.73 Å². The van der Waals surface area contributed by atoms with Crippen LogP contribution in [0.2, 0.25) is 0 Å². The van der Waals surface area contributed by atoms with E-state index in [2.05, 4.69) is 4.98 Å². The first-order valence-electron chi connectivity index (χ1n) is 4.31. The van der Waals surface area contributed by atoms with E-state index in [1.54, 1.807) is 0 Å². The van der Waals surface area contributed by atoms with Crippen LogP contribution in [0.5, 0.6) is 0 Å². The van der Waals surface area contributed by atoms with Crippen molar-refractivity contribution >= 4 is 0 Å². The first kappa shape index (κ1) is 9.79. The number of hydrogen-bond donors (Lipinski definition) is 1. The summed E-state index contributed by atoms with van der Waals surface area (Å²) in [5, 5.41) is 0. The van der Waals surface area contributed by atoms with Crippen molar-refractivity contribution in [3.63, 3.8) is 0 Å². The van der Waals surface area contributed by atoms with Crippen molar-refractivity contribution in [2.75, 3.05) is 0 Å². The Hall–Kier alpha value is -1.75. The van der Waals surface area contributed by atoms with Gasteiger partial charge in [-0.25, -0.2) is 13.8 Å². The third-order valence-electron chi connectivity index (χ3n) is 1.94. The second-order valence-electron chi connectivity index (χ2n) is 2.94. The van der Waals surface area contributed by atoms with Crippen LogP contribution in [0.1, 0.15) is 5.76 Å². The van der Waals surface area contributed by atoms with Crippen molar-refractivity contribution in [2.45, 2.75) is 6.54 Å². The molecule has 2 aromatic rings. The molecule has 78 valence electrons. The van der Waals surface area contributed by atoms with E-state index < -0.39 is 11.6 Å². The van der Waals surface area contributed by atoms with Crippen LogP contribution in [-0.2, 0) is 6.54 Å². The van der Waals surface area contributed by atoms with Gasteiger partial charge >= 0.3 is 0 Å². The van der Waals surface area contributed by atoms with Gasteiger partial charge in [0.15, 0.2) is 11.6 Å². The predicted octanol–water partition coefficient (Wildman–Crippen LogP) is 2.08. The molecule has 0 aliphatic rings. The lowest BCUT2D eigenvalue weighted by Crippen LogP contribution is -1.92. The molecule has 3 nitrogen and oxygen atoms in total. The zero-order chi connectivity index (χ0) is 10.8. The summed E-state index contributed by atoms with van der Waals surface area (Å²) < 4.78 is 31.3. The summed E-state index contributed by atoms with van der Waals surface area (Å²) in [5.74, 6) is -1.44. The fourth-order valence-corrected chi connectivity index (χ4v) is 1.20. The van der Waals surface area contributed by atoms with Crippen molar-refractivity contribution in [3.8, 4) is 11.5 Å². The predicted molar refractivity (Wildman–Crippen MR) is 49.7 cm³/mol. The van der Waals surface area contributed by atoms with Crippen LogP contribution in [-0.4, -0.2) is 4.98 Å². The Labute approximate surface area is 84.5 Å². The van der Waals surface area contributed by atoms with Crippen LogP contribution in [0.15, 0.2) is 28.8 Å². The van der Waals surface area contributed by atoms with Crippen molar-refractivity contribution in [1.29, 1.82) is 0 Å². The summed E-state index contributed by atoms with van der Waals surface area (Å²) in [6, 6.07) is 3.82. The summed E-state index contributed by atoms with van der Waals surface area (Å²) >= 11 is 0. The van der Waals surface area contributed by atoms with Gasteiger partial charge in [-0.1, -0.05) is 6.07 Å². The summed E-state index contributed by atoms with van der Waals surface area (Å²) in [7, 11) is 0. The molecule has 0 aliphatic heterocycles. The molecular weight excluding hydrogens is 202 g/mol. The van der Waals surface area contributed by atoms with Crippen molar-refractivity contribution in [1.82, 2.24) is 4.98 Å². The second-order valence-corrected chi connectivity index (χ2v) is 2.94. The van der Waals surface area contributed by atoms with E-state index in [-0.39, 0.29) is 18.0 Å². The van der Waals surface area contributed by atoms with Crippen LogP contribution in [0.4, 0.5) is 8.78 Å². The van der Waals surface area contributed by atoms with E-state index in [1.807, 2.05) is 0 Å². The molecule has 0 radical (unpaired) electrons. The minimum atomic E-state index is -0.970. The summed E-state index contributed by atoms with van der Waals surface area (Å²) in [4.78, 5) is 3.81. The van der Waals surface area contributed by atoms with Gasteiger partial charge in [0.25, 0.3) is 0 Å². The Kier molecular flexibility index (Phi) is 2.47. The normalized spacial score (nSPS) is 10.6. The topological polar surface area (TPSA) is 52.0 Å². The molecule has 0 amide bonds. The number of halogens is 2. The first-order valence-corrected chi connectivity index (χ1v) is 4.31. The SMILES string of the molecule is NCc1cnc(-c2cccc(F)c2F)o1. The molecule has 5 heteroatoms. The van der Waals surface area contributed by atoms with Crippen LogP contribution in [0, 0.1) is 11.6 Å². The Morgan fingerprint density at radius 2 is 2.13 bits per heavy atom. The molecule has 0 atom stereocenters. The third-order valence-corrected chi connectivity index (χ3v) is 1.94. The highest BCUT2D eigenvalue weighted by molar-refractivity contribution is 5.54. The lowest BCUT2D eigenvalue weighted by atomic mass is 10.2. The summed E-state index contributed by atoms with van der Waals surface area (Å²) in [5.41, 5.74) is 5.30. The first-order chi connectivity index (χ1) is 7.22. The van der Waals surface area contributed by atoms with Gasteiger partial charge in [0.2, 0.25) is 5.89 Å². The van der Waals surface area contributed by atoms with Crippen molar-refractivity contribution in [2.24, 2.45) is 5.73 Å². The number of aromatic nitrogens is 1. The number of hydrogen-bond acceptors (Lipinski definition) is 3. The average Bonchev–Trinajstić information content (AvgIpc) is 2.70. The van der Waals surface area contributed by atoms with E-state index in [4.69, 9.17) is 10.2 Å².